The van der Waals surface area contributed by atoms with Crippen molar-refractivity contribution in [2.75, 3.05) is 5.73 Å². The standard InChI is InChI=1S/C15H14N5O2S2.W/c1-8-3-4-10(24(17,21)22)5-11(8)12-6-19-15(16)14(20-12)13-7-18-9(2)23-13;/h3-7H,1-2H3,(H3-,16,17,19,21,22);/q-1;. The van der Waals surface area contributed by atoms with Crippen molar-refractivity contribution < 1.29 is 29.5 Å². The molecule has 25 heavy (non-hydrogen) atoms. The first-order chi connectivity index (χ1) is 11.3. The topological polar surface area (TPSA) is 123 Å². The van der Waals surface area contributed by atoms with Crippen LogP contribution in [0.4, 0.5) is 5.82 Å². The number of nitrogens with one attached hydrogen (secondary N) is 1. The number of hydrogen-bond donors (Lipinski definition) is 1. The second-order valence-corrected chi connectivity index (χ2v) is 7.93. The van der Waals surface area contributed by atoms with Crippen LogP contribution in [0.1, 0.15) is 10.6 Å². The van der Waals surface area contributed by atoms with Crippen LogP contribution in [0.2, 0.25) is 0 Å². The monoisotopic (exact) mass is 544 g/mol. The maximum absolute atomic E-state index is 11.5. The van der Waals surface area contributed by atoms with Crippen molar-refractivity contribution in [3.8, 4) is 21.8 Å². The van der Waals surface area contributed by atoms with E-state index in [2.05, 4.69) is 15.0 Å². The average molecular weight is 544 g/mol. The summed E-state index contributed by atoms with van der Waals surface area (Å²) in [6.07, 6.45) is 3.18. The van der Waals surface area contributed by atoms with Crippen LogP contribution in [0, 0.1) is 13.8 Å². The third-order valence-corrected chi connectivity index (χ3v) is 5.24. The van der Waals surface area contributed by atoms with Crippen LogP contribution >= 0.6 is 11.3 Å². The Morgan fingerprint density at radius 1 is 1.16 bits per heavy atom. The number of nitrogen functional groups attached to an aromatic ring is 1. The van der Waals surface area contributed by atoms with Crippen LogP contribution in [0.25, 0.3) is 27.0 Å². The van der Waals surface area contributed by atoms with Gasteiger partial charge in [0.05, 0.1) is 31.8 Å². The van der Waals surface area contributed by atoms with E-state index in [4.69, 9.17) is 10.9 Å². The van der Waals surface area contributed by atoms with Gasteiger partial charge in [0.25, 0.3) is 0 Å². The third kappa shape index (κ3) is 4.12. The molecule has 1 aromatic carbocycles. The number of nitrogens with two attached hydrogens (primary N) is 1. The molecule has 0 fully saturated rings. The largest absolute Gasteiger partial charge is 0.560 e. The number of benzene rings is 1. The maximum Gasteiger partial charge on any atom is 0.150 e. The Kier molecular flexibility index (Phi) is 5.73. The van der Waals surface area contributed by atoms with Crippen LogP contribution in [-0.2, 0) is 31.1 Å². The summed E-state index contributed by atoms with van der Waals surface area (Å²) in [7, 11) is -4.05. The van der Waals surface area contributed by atoms with Gasteiger partial charge in [-0.05, 0) is 31.5 Å². The van der Waals surface area contributed by atoms with Crippen molar-refractivity contribution in [1.29, 1.82) is 0 Å². The van der Waals surface area contributed by atoms with E-state index in [1.165, 1.54) is 29.7 Å². The van der Waals surface area contributed by atoms with E-state index in [9.17, 15) is 8.42 Å². The number of anilines is 1. The number of thiazole rings is 1. The fourth-order valence-corrected chi connectivity index (χ4v) is 3.52. The minimum absolute atomic E-state index is 0. The molecule has 0 amide bonds. The fraction of sp³-hybridized carbons (Fsp3) is 0.133. The molecular formula is C15H14N5O2S2W-. The molecule has 7 nitrogen and oxygen atoms in total. The van der Waals surface area contributed by atoms with Gasteiger partial charge >= 0.3 is 0 Å². The number of aryl methyl sites for hydroxylation is 2. The van der Waals surface area contributed by atoms with Gasteiger partial charge in [-0.1, -0.05) is 6.07 Å². The van der Waals surface area contributed by atoms with Gasteiger partial charge < -0.3 is 10.9 Å². The van der Waals surface area contributed by atoms with Crippen LogP contribution in [0.5, 0.6) is 0 Å². The predicted molar refractivity (Wildman–Crippen MR) is 94.0 cm³/mol. The summed E-state index contributed by atoms with van der Waals surface area (Å²) in [6.45, 7) is 3.72. The molecule has 3 aromatic rings. The molecule has 0 spiro atoms. The van der Waals surface area contributed by atoms with E-state index in [-0.39, 0.29) is 31.8 Å². The molecule has 0 bridgehead atoms. The van der Waals surface area contributed by atoms with Crippen LogP contribution in [0.15, 0.2) is 35.5 Å². The number of rotatable bonds is 3. The van der Waals surface area contributed by atoms with E-state index >= 15 is 0 Å². The summed E-state index contributed by atoms with van der Waals surface area (Å²) in [6, 6.07) is 4.48. The van der Waals surface area contributed by atoms with Gasteiger partial charge in [-0.2, -0.15) is 0 Å². The Morgan fingerprint density at radius 3 is 2.48 bits per heavy atom. The summed E-state index contributed by atoms with van der Waals surface area (Å²) in [5, 5.41) is 8.11. The maximum atomic E-state index is 11.5. The zero-order valence-corrected chi connectivity index (χ0v) is 17.9. The fourth-order valence-electron chi connectivity index (χ4n) is 2.22. The first-order valence-corrected chi connectivity index (χ1v) is 9.21. The Balaban J connectivity index is 0.00000225. The first-order valence-electron chi connectivity index (χ1n) is 6.91. The summed E-state index contributed by atoms with van der Waals surface area (Å²) in [4.78, 5) is 13.6. The van der Waals surface area contributed by atoms with Gasteiger partial charge in [-0.25, -0.2) is 23.4 Å². The zero-order chi connectivity index (χ0) is 17.5. The molecule has 10 heteroatoms. The van der Waals surface area contributed by atoms with Gasteiger partial charge in [0.15, 0.2) is 5.82 Å². The van der Waals surface area contributed by atoms with E-state index < -0.39 is 10.0 Å². The Morgan fingerprint density at radius 2 is 1.88 bits per heavy atom. The van der Waals surface area contributed by atoms with Gasteiger partial charge in [0.1, 0.15) is 5.69 Å². The number of aromatic nitrogens is 3. The summed E-state index contributed by atoms with van der Waals surface area (Å²) < 4.78 is 23.0. The normalized spacial score (nSPS) is 11.2. The molecule has 130 valence electrons. The molecule has 0 radical (unpaired) electrons. The van der Waals surface area contributed by atoms with Gasteiger partial charge in [0.2, 0.25) is 0 Å². The molecule has 0 unspecified atom stereocenters. The third-order valence-electron chi connectivity index (χ3n) is 3.45. The number of hydrogen-bond acceptors (Lipinski definition) is 7. The van der Waals surface area contributed by atoms with Crippen molar-refractivity contribution in [2.45, 2.75) is 18.7 Å². The minimum Gasteiger partial charge on any atom is -0.560 e. The molecule has 0 saturated carbocycles. The molecule has 3 rings (SSSR count). The van der Waals surface area contributed by atoms with Crippen molar-refractivity contribution in [3.05, 3.63) is 46.3 Å². The molecule has 0 aliphatic carbocycles. The molecular weight excluding hydrogens is 530 g/mol. The van der Waals surface area contributed by atoms with Crippen LogP contribution < -0.4 is 5.73 Å². The second kappa shape index (κ2) is 7.29. The number of nitrogens with zero attached hydrogens (tertiary/aromatic N) is 3. The van der Waals surface area contributed by atoms with Crippen LogP contribution in [-0.4, -0.2) is 23.4 Å². The summed E-state index contributed by atoms with van der Waals surface area (Å²) >= 11 is 1.45. The SMILES string of the molecule is Cc1ncc(-c2nc(-c3cc(S([NH-])(=O)=O)ccc3C)cnc2N)s1.[W]. The van der Waals surface area contributed by atoms with E-state index in [1.807, 2.05) is 13.8 Å². The average Bonchev–Trinajstić information content (AvgIpc) is 2.93. The van der Waals surface area contributed by atoms with Crippen molar-refractivity contribution >= 4 is 27.2 Å². The van der Waals surface area contributed by atoms with Crippen molar-refractivity contribution in [2.24, 2.45) is 0 Å². The number of sulfonamides is 1. The Hall–Kier alpha value is -1.67. The van der Waals surface area contributed by atoms with Gasteiger partial charge in [-0.15, -0.1) is 11.3 Å². The molecule has 0 saturated heterocycles. The second-order valence-electron chi connectivity index (χ2n) is 5.21. The molecule has 0 atom stereocenters. The van der Waals surface area contributed by atoms with Crippen LogP contribution in [0.3, 0.4) is 0 Å². The molecule has 2 aromatic heterocycles. The predicted octanol–water partition coefficient (Wildman–Crippen LogP) is 3.20. The zero-order valence-electron chi connectivity index (χ0n) is 13.3. The van der Waals surface area contributed by atoms with E-state index in [1.54, 1.807) is 12.3 Å². The minimum atomic E-state index is -4.05. The molecule has 0 aliphatic rings. The first kappa shape index (κ1) is 19.7. The molecule has 2 heterocycles. The van der Waals surface area contributed by atoms with Gasteiger partial charge in [0, 0.05) is 37.7 Å². The van der Waals surface area contributed by atoms with Crippen molar-refractivity contribution in [1.82, 2.24) is 15.0 Å². The van der Waals surface area contributed by atoms with E-state index in [0.29, 0.717) is 17.0 Å². The molecule has 0 aliphatic heterocycles. The smallest absolute Gasteiger partial charge is 0.150 e. The Labute approximate surface area is 163 Å². The van der Waals surface area contributed by atoms with Crippen molar-refractivity contribution in [3.63, 3.8) is 0 Å². The van der Waals surface area contributed by atoms with E-state index in [0.717, 1.165) is 15.4 Å². The quantitative estimate of drug-likeness (QED) is 0.541. The molecule has 3 N–H and O–H groups in total. The van der Waals surface area contributed by atoms with Gasteiger partial charge in [-0.3, -0.25) is 0 Å². The summed E-state index contributed by atoms with van der Waals surface area (Å²) in [5.41, 5.74) is 8.35. The summed E-state index contributed by atoms with van der Waals surface area (Å²) in [5.74, 6) is 0.282. The Bertz CT molecular complexity index is 1030.